The molecule has 3 aliphatic rings. The molecule has 0 unspecified atom stereocenters. The molecule has 3 saturated heterocycles. The Hall–Kier alpha value is -2.72. The first-order valence-electron chi connectivity index (χ1n) is 11.6. The Balaban J connectivity index is 1.27. The molecule has 0 saturated carbocycles. The number of piperidine rings is 1. The number of amides is 1. The number of halogens is 1. The van der Waals surface area contributed by atoms with Crippen LogP contribution in [0.15, 0.2) is 16.9 Å². The van der Waals surface area contributed by atoms with Crippen LogP contribution in [0.5, 0.6) is 5.75 Å². The Kier molecular flexibility index (Phi) is 5.96. The number of rotatable bonds is 5. The lowest BCUT2D eigenvalue weighted by atomic mass is 9.72. The van der Waals surface area contributed by atoms with Gasteiger partial charge in [0.15, 0.2) is 0 Å². The Bertz CT molecular complexity index is 1080. The molecule has 0 radical (unpaired) electrons. The second-order valence-corrected chi connectivity index (χ2v) is 9.35. The van der Waals surface area contributed by atoms with Gasteiger partial charge in [0, 0.05) is 70.3 Å². The lowest BCUT2D eigenvalue weighted by Crippen LogP contribution is -2.61. The highest BCUT2D eigenvalue weighted by Crippen LogP contribution is 2.41. The number of aromatic nitrogens is 2. The third-order valence-corrected chi connectivity index (χ3v) is 7.12. The van der Waals surface area contributed by atoms with Crippen molar-refractivity contribution in [2.45, 2.75) is 19.8 Å². The zero-order chi connectivity index (χ0) is 23.0. The van der Waals surface area contributed by atoms with Gasteiger partial charge in [-0.3, -0.25) is 19.5 Å². The molecule has 1 amide bonds. The smallest absolute Gasteiger partial charge is 0.263 e. The summed E-state index contributed by atoms with van der Waals surface area (Å²) in [6.45, 7) is 8.98. The van der Waals surface area contributed by atoms with Gasteiger partial charge in [0.05, 0.1) is 18.7 Å². The maximum atomic E-state index is 14.7. The van der Waals surface area contributed by atoms with Crippen LogP contribution in [0, 0.1) is 11.2 Å². The number of ether oxygens (including phenoxy) is 2. The lowest BCUT2D eigenvalue weighted by Gasteiger charge is -2.54. The van der Waals surface area contributed by atoms with Gasteiger partial charge < -0.3 is 19.3 Å². The van der Waals surface area contributed by atoms with Crippen LogP contribution in [-0.4, -0.2) is 91.3 Å². The third kappa shape index (κ3) is 4.54. The molecule has 33 heavy (non-hydrogen) atoms. The highest BCUT2D eigenvalue weighted by atomic mass is 19.1. The molecular weight excluding hydrogens is 429 g/mol. The number of aromatic amines is 1. The van der Waals surface area contributed by atoms with Crippen LogP contribution in [0.4, 0.5) is 10.3 Å². The van der Waals surface area contributed by atoms with Crippen molar-refractivity contribution >= 4 is 22.8 Å². The molecule has 2 aromatic rings. The van der Waals surface area contributed by atoms with Crippen molar-refractivity contribution in [3.63, 3.8) is 0 Å². The van der Waals surface area contributed by atoms with Gasteiger partial charge in [0.2, 0.25) is 11.9 Å². The molecule has 1 spiro atoms. The number of benzene rings is 1. The fourth-order valence-corrected chi connectivity index (χ4v) is 5.06. The molecule has 1 aromatic carbocycles. The second-order valence-electron chi connectivity index (χ2n) is 9.35. The van der Waals surface area contributed by atoms with Crippen molar-refractivity contribution in [1.29, 1.82) is 0 Å². The molecule has 1 aromatic heterocycles. The van der Waals surface area contributed by atoms with Gasteiger partial charge in [-0.2, -0.15) is 0 Å². The van der Waals surface area contributed by atoms with E-state index in [9.17, 15) is 14.0 Å². The molecule has 9 nitrogen and oxygen atoms in total. The van der Waals surface area contributed by atoms with Gasteiger partial charge in [-0.15, -0.1) is 0 Å². The normalized spacial score (nSPS) is 20.8. The van der Waals surface area contributed by atoms with Crippen molar-refractivity contribution < 1.29 is 18.7 Å². The fraction of sp³-hybridized carbons (Fsp3) is 0.609. The van der Waals surface area contributed by atoms with Crippen molar-refractivity contribution in [1.82, 2.24) is 19.8 Å². The Morgan fingerprint density at radius 3 is 2.64 bits per heavy atom. The van der Waals surface area contributed by atoms with E-state index in [1.807, 2.05) is 9.80 Å². The third-order valence-electron chi connectivity index (χ3n) is 7.12. The largest absolute Gasteiger partial charge is 0.492 e. The fourth-order valence-electron chi connectivity index (χ4n) is 5.06. The predicted molar refractivity (Wildman–Crippen MR) is 121 cm³/mol. The zero-order valence-electron chi connectivity index (χ0n) is 18.9. The Labute approximate surface area is 191 Å². The lowest BCUT2D eigenvalue weighted by molar-refractivity contribution is -0.131. The summed E-state index contributed by atoms with van der Waals surface area (Å²) in [6.07, 6.45) is 1.88. The van der Waals surface area contributed by atoms with Gasteiger partial charge in [-0.25, -0.2) is 9.37 Å². The molecule has 0 aliphatic carbocycles. The average Bonchev–Trinajstić information content (AvgIpc) is 2.77. The van der Waals surface area contributed by atoms with Crippen LogP contribution in [-0.2, 0) is 9.53 Å². The summed E-state index contributed by atoms with van der Waals surface area (Å²) in [5.74, 6) is 0.309. The molecular formula is C23H30FN5O4. The highest BCUT2D eigenvalue weighted by Gasteiger charge is 2.46. The van der Waals surface area contributed by atoms with E-state index in [1.54, 1.807) is 13.0 Å². The number of nitrogens with one attached hydrogen (secondary N) is 1. The first kappa shape index (κ1) is 22.1. The van der Waals surface area contributed by atoms with Crippen LogP contribution in [0.25, 0.3) is 10.9 Å². The SMILES string of the molecule is CC(=O)N1CCC2(CC1)CN(c1nc3cc(OCCN4CCOCC4)cc(F)c3c(=O)[nH]1)C2. The molecule has 3 aliphatic heterocycles. The number of hydrogen-bond acceptors (Lipinski definition) is 7. The van der Waals surface area contributed by atoms with Crippen LogP contribution in [0.1, 0.15) is 19.8 Å². The number of H-pyrrole nitrogens is 1. The standard InChI is InChI=1S/C23H30FN5O4/c1-16(30)28-4-2-23(3-5-28)14-29(15-23)22-25-19-13-17(12-18(24)20(19)21(31)26-22)33-11-8-27-6-9-32-10-7-27/h12-13H,2-11,14-15H2,1H3,(H,25,26,31). The number of anilines is 1. The summed E-state index contributed by atoms with van der Waals surface area (Å²) in [5, 5.41) is -0.0516. The molecule has 0 atom stereocenters. The van der Waals surface area contributed by atoms with Crippen molar-refractivity contribution in [3.05, 3.63) is 28.3 Å². The Morgan fingerprint density at radius 2 is 1.94 bits per heavy atom. The number of fused-ring (bicyclic) bond motifs is 1. The maximum absolute atomic E-state index is 14.7. The summed E-state index contributed by atoms with van der Waals surface area (Å²) in [7, 11) is 0. The number of likely N-dealkylation sites (tertiary alicyclic amines) is 1. The molecule has 1 N–H and O–H groups in total. The van der Waals surface area contributed by atoms with Crippen molar-refractivity contribution in [2.24, 2.45) is 5.41 Å². The van der Waals surface area contributed by atoms with Gasteiger partial charge in [-0.05, 0) is 12.8 Å². The van der Waals surface area contributed by atoms with Crippen molar-refractivity contribution in [2.75, 3.05) is 70.5 Å². The van der Waals surface area contributed by atoms with E-state index in [1.165, 1.54) is 6.07 Å². The molecule has 178 valence electrons. The molecule has 10 heteroatoms. The van der Waals surface area contributed by atoms with Gasteiger partial charge in [0.1, 0.15) is 23.6 Å². The first-order chi connectivity index (χ1) is 15.9. The second kappa shape index (κ2) is 8.90. The number of carbonyl (C=O) groups is 1. The monoisotopic (exact) mass is 459 g/mol. The number of nitrogens with zero attached hydrogens (tertiary/aromatic N) is 4. The average molecular weight is 460 g/mol. The van der Waals surface area contributed by atoms with E-state index in [-0.39, 0.29) is 16.7 Å². The van der Waals surface area contributed by atoms with E-state index in [2.05, 4.69) is 14.9 Å². The number of hydrogen-bond donors (Lipinski definition) is 1. The maximum Gasteiger partial charge on any atom is 0.263 e. The highest BCUT2D eigenvalue weighted by molar-refractivity contribution is 5.81. The minimum Gasteiger partial charge on any atom is -0.492 e. The zero-order valence-corrected chi connectivity index (χ0v) is 18.9. The molecule has 5 rings (SSSR count). The van der Waals surface area contributed by atoms with Crippen LogP contribution >= 0.6 is 0 Å². The van der Waals surface area contributed by atoms with Crippen LogP contribution < -0.4 is 15.2 Å². The van der Waals surface area contributed by atoms with Crippen molar-refractivity contribution in [3.8, 4) is 5.75 Å². The summed E-state index contributed by atoms with van der Waals surface area (Å²) in [4.78, 5) is 37.6. The van der Waals surface area contributed by atoms with Crippen LogP contribution in [0.2, 0.25) is 0 Å². The topological polar surface area (TPSA) is 91.0 Å². The minimum atomic E-state index is -0.633. The predicted octanol–water partition coefficient (Wildman–Crippen LogP) is 1.22. The van der Waals surface area contributed by atoms with Gasteiger partial charge in [0.25, 0.3) is 5.56 Å². The molecule has 0 bridgehead atoms. The number of carbonyl (C=O) groups excluding carboxylic acids is 1. The van der Waals surface area contributed by atoms with E-state index in [0.717, 1.165) is 58.7 Å². The first-order valence-corrected chi connectivity index (χ1v) is 11.6. The quantitative estimate of drug-likeness (QED) is 0.719. The summed E-state index contributed by atoms with van der Waals surface area (Å²) in [6, 6.07) is 2.89. The summed E-state index contributed by atoms with van der Waals surface area (Å²) < 4.78 is 25.8. The van der Waals surface area contributed by atoms with E-state index in [0.29, 0.717) is 37.0 Å². The Morgan fingerprint density at radius 1 is 1.21 bits per heavy atom. The number of morpholine rings is 1. The molecule has 4 heterocycles. The van der Waals surface area contributed by atoms with E-state index < -0.39 is 11.4 Å². The summed E-state index contributed by atoms with van der Waals surface area (Å²) in [5.41, 5.74) is -0.0444. The molecule has 3 fully saturated rings. The summed E-state index contributed by atoms with van der Waals surface area (Å²) >= 11 is 0. The minimum absolute atomic E-state index is 0.0516. The van der Waals surface area contributed by atoms with E-state index in [4.69, 9.17) is 9.47 Å². The van der Waals surface area contributed by atoms with Gasteiger partial charge in [-0.1, -0.05) is 0 Å². The van der Waals surface area contributed by atoms with Gasteiger partial charge >= 0.3 is 0 Å². The van der Waals surface area contributed by atoms with E-state index >= 15 is 0 Å². The van der Waals surface area contributed by atoms with Crippen LogP contribution in [0.3, 0.4) is 0 Å².